The Balaban J connectivity index is 2.64. The highest BCUT2D eigenvalue weighted by Crippen LogP contribution is 2.32. The lowest BCUT2D eigenvalue weighted by Gasteiger charge is -2.40. The van der Waals surface area contributed by atoms with Crippen molar-refractivity contribution in [1.29, 1.82) is 0 Å². The largest absolute Gasteiger partial charge is 0.329 e. The van der Waals surface area contributed by atoms with Crippen molar-refractivity contribution < 1.29 is 0 Å². The molecule has 1 saturated heterocycles. The van der Waals surface area contributed by atoms with Crippen LogP contribution in [0.3, 0.4) is 0 Å². The van der Waals surface area contributed by atoms with Crippen LogP contribution in [-0.4, -0.2) is 30.1 Å². The second-order valence-corrected chi connectivity index (χ2v) is 5.37. The van der Waals surface area contributed by atoms with Crippen LogP contribution in [0, 0.1) is 11.8 Å². The molecular weight excluding hydrogens is 184 g/mol. The molecule has 1 aliphatic heterocycles. The van der Waals surface area contributed by atoms with Crippen LogP contribution in [0.25, 0.3) is 0 Å². The van der Waals surface area contributed by atoms with Gasteiger partial charge in [0.1, 0.15) is 0 Å². The van der Waals surface area contributed by atoms with E-state index in [2.05, 4.69) is 32.6 Å². The van der Waals surface area contributed by atoms with Crippen molar-refractivity contribution >= 4 is 0 Å². The molecule has 0 saturated carbocycles. The Morgan fingerprint density at radius 1 is 1.33 bits per heavy atom. The summed E-state index contributed by atoms with van der Waals surface area (Å²) in [5.74, 6) is 1.70. The van der Waals surface area contributed by atoms with Crippen molar-refractivity contribution in [3.63, 3.8) is 0 Å². The Morgan fingerprint density at radius 3 is 2.27 bits per heavy atom. The maximum absolute atomic E-state index is 5.99. The molecule has 1 fully saturated rings. The van der Waals surface area contributed by atoms with E-state index in [-0.39, 0.29) is 5.54 Å². The lowest BCUT2D eigenvalue weighted by molar-refractivity contribution is 0.106. The molecule has 1 unspecified atom stereocenters. The average Bonchev–Trinajstić information content (AvgIpc) is 2.71. The minimum Gasteiger partial charge on any atom is -0.329 e. The smallest absolute Gasteiger partial charge is 0.0326 e. The van der Waals surface area contributed by atoms with Crippen molar-refractivity contribution in [2.45, 2.75) is 52.5 Å². The monoisotopic (exact) mass is 212 g/mol. The molecule has 0 radical (unpaired) electrons. The van der Waals surface area contributed by atoms with E-state index in [4.69, 9.17) is 5.73 Å². The van der Waals surface area contributed by atoms with Crippen LogP contribution < -0.4 is 5.73 Å². The number of nitrogens with two attached hydrogens (primary N) is 1. The summed E-state index contributed by atoms with van der Waals surface area (Å²) in [6.45, 7) is 12.6. The second-order valence-electron chi connectivity index (χ2n) is 5.37. The molecule has 15 heavy (non-hydrogen) atoms. The van der Waals surface area contributed by atoms with Crippen molar-refractivity contribution in [1.82, 2.24) is 4.90 Å². The molecule has 0 aromatic rings. The van der Waals surface area contributed by atoms with Gasteiger partial charge in [-0.1, -0.05) is 27.7 Å². The maximum atomic E-state index is 5.99. The summed E-state index contributed by atoms with van der Waals surface area (Å²) in [6.07, 6.45) is 3.73. The van der Waals surface area contributed by atoms with Gasteiger partial charge in [-0.25, -0.2) is 0 Å². The molecule has 1 atom stereocenters. The Hall–Kier alpha value is -0.0800. The van der Waals surface area contributed by atoms with Gasteiger partial charge in [-0.05, 0) is 37.6 Å². The molecule has 1 heterocycles. The topological polar surface area (TPSA) is 29.3 Å². The molecule has 1 aliphatic rings. The summed E-state index contributed by atoms with van der Waals surface area (Å²) in [5, 5.41) is 0. The van der Waals surface area contributed by atoms with Gasteiger partial charge < -0.3 is 5.73 Å². The zero-order chi connectivity index (χ0) is 11.5. The first-order chi connectivity index (χ1) is 7.09. The van der Waals surface area contributed by atoms with Gasteiger partial charge in [-0.3, -0.25) is 4.90 Å². The lowest BCUT2D eigenvalue weighted by atomic mass is 9.90. The Morgan fingerprint density at radius 2 is 1.93 bits per heavy atom. The van der Waals surface area contributed by atoms with Crippen molar-refractivity contribution in [3.05, 3.63) is 0 Å². The van der Waals surface area contributed by atoms with Crippen LogP contribution in [0.2, 0.25) is 0 Å². The zero-order valence-electron chi connectivity index (χ0n) is 10.9. The summed E-state index contributed by atoms with van der Waals surface area (Å²) in [6, 6.07) is 0. The Labute approximate surface area is 95.2 Å². The van der Waals surface area contributed by atoms with Gasteiger partial charge in [0.2, 0.25) is 0 Å². The maximum Gasteiger partial charge on any atom is 0.0326 e. The summed E-state index contributed by atoms with van der Waals surface area (Å²) < 4.78 is 0. The highest BCUT2D eigenvalue weighted by Gasteiger charge is 2.37. The predicted octanol–water partition coefficient (Wildman–Crippen LogP) is 2.48. The summed E-state index contributed by atoms with van der Waals surface area (Å²) in [4.78, 5) is 2.65. The molecule has 2 heteroatoms. The van der Waals surface area contributed by atoms with E-state index in [1.165, 1.54) is 32.4 Å². The number of likely N-dealkylation sites (tertiary alicyclic amines) is 1. The first kappa shape index (κ1) is 13.0. The molecule has 0 amide bonds. The minimum absolute atomic E-state index is 0.281. The van der Waals surface area contributed by atoms with E-state index in [0.29, 0.717) is 0 Å². The number of nitrogens with zero attached hydrogens (tertiary/aromatic N) is 1. The second kappa shape index (κ2) is 5.31. The van der Waals surface area contributed by atoms with Gasteiger partial charge in [0.15, 0.2) is 0 Å². The Bertz CT molecular complexity index is 177. The first-order valence-corrected chi connectivity index (χ1v) is 6.54. The molecule has 90 valence electrons. The third-order valence-electron chi connectivity index (χ3n) is 4.53. The fraction of sp³-hybridized carbons (Fsp3) is 1.00. The van der Waals surface area contributed by atoms with Gasteiger partial charge in [0, 0.05) is 18.6 Å². The van der Waals surface area contributed by atoms with Crippen molar-refractivity contribution in [2.24, 2.45) is 17.6 Å². The number of hydrogen-bond acceptors (Lipinski definition) is 2. The third kappa shape index (κ3) is 2.54. The van der Waals surface area contributed by atoms with Gasteiger partial charge in [0.05, 0.1) is 0 Å². The molecule has 0 aliphatic carbocycles. The quantitative estimate of drug-likeness (QED) is 0.758. The fourth-order valence-corrected chi connectivity index (χ4v) is 2.88. The van der Waals surface area contributed by atoms with E-state index in [1.54, 1.807) is 0 Å². The number of rotatable bonds is 5. The molecule has 0 bridgehead atoms. The van der Waals surface area contributed by atoms with Crippen molar-refractivity contribution in [3.8, 4) is 0 Å². The van der Waals surface area contributed by atoms with E-state index in [1.807, 2.05) is 0 Å². The van der Waals surface area contributed by atoms with E-state index in [0.717, 1.165) is 18.4 Å². The standard InChI is InChI=1S/C13H28N2/c1-5-13(6-2,10-14)15-8-7-12(9-15)11(3)4/h11-12H,5-10,14H2,1-4H3. The first-order valence-electron chi connectivity index (χ1n) is 6.54. The Kier molecular flexibility index (Phi) is 4.60. The number of hydrogen-bond donors (Lipinski definition) is 1. The third-order valence-corrected chi connectivity index (χ3v) is 4.53. The van der Waals surface area contributed by atoms with Gasteiger partial charge >= 0.3 is 0 Å². The highest BCUT2D eigenvalue weighted by molar-refractivity contribution is 4.94. The summed E-state index contributed by atoms with van der Waals surface area (Å²) >= 11 is 0. The molecule has 2 N–H and O–H groups in total. The minimum atomic E-state index is 0.281. The van der Waals surface area contributed by atoms with Crippen LogP contribution in [0.1, 0.15) is 47.0 Å². The van der Waals surface area contributed by atoms with Crippen LogP contribution in [-0.2, 0) is 0 Å². The van der Waals surface area contributed by atoms with E-state index in [9.17, 15) is 0 Å². The van der Waals surface area contributed by atoms with Crippen LogP contribution >= 0.6 is 0 Å². The molecular formula is C13H28N2. The highest BCUT2D eigenvalue weighted by atomic mass is 15.2. The predicted molar refractivity (Wildman–Crippen MR) is 66.9 cm³/mol. The lowest BCUT2D eigenvalue weighted by Crippen LogP contribution is -2.52. The molecule has 0 spiro atoms. The fourth-order valence-electron chi connectivity index (χ4n) is 2.88. The van der Waals surface area contributed by atoms with Crippen LogP contribution in [0.4, 0.5) is 0 Å². The molecule has 0 aromatic carbocycles. The molecule has 2 nitrogen and oxygen atoms in total. The summed E-state index contributed by atoms with van der Waals surface area (Å²) in [7, 11) is 0. The van der Waals surface area contributed by atoms with Crippen molar-refractivity contribution in [2.75, 3.05) is 19.6 Å². The van der Waals surface area contributed by atoms with Gasteiger partial charge in [-0.2, -0.15) is 0 Å². The van der Waals surface area contributed by atoms with E-state index < -0.39 is 0 Å². The molecule has 1 rings (SSSR count). The average molecular weight is 212 g/mol. The van der Waals surface area contributed by atoms with E-state index >= 15 is 0 Å². The van der Waals surface area contributed by atoms with Crippen LogP contribution in [0.15, 0.2) is 0 Å². The normalized spacial score (nSPS) is 24.0. The van der Waals surface area contributed by atoms with Gasteiger partial charge in [-0.15, -0.1) is 0 Å². The summed E-state index contributed by atoms with van der Waals surface area (Å²) in [5.41, 5.74) is 6.27. The van der Waals surface area contributed by atoms with Crippen LogP contribution in [0.5, 0.6) is 0 Å². The van der Waals surface area contributed by atoms with Gasteiger partial charge in [0.25, 0.3) is 0 Å². The SMILES string of the molecule is CCC(CC)(CN)N1CCC(C(C)C)C1. The molecule has 0 aromatic heterocycles. The zero-order valence-corrected chi connectivity index (χ0v) is 10.9.